The molecule has 1 aliphatic rings. The fourth-order valence-electron chi connectivity index (χ4n) is 3.88. The topological polar surface area (TPSA) is 84.9 Å². The van der Waals surface area contributed by atoms with Crippen LogP contribution in [-0.2, 0) is 4.29 Å². The molecule has 0 aliphatic heterocycles. The van der Waals surface area contributed by atoms with E-state index in [1.807, 2.05) is 60.3 Å². The van der Waals surface area contributed by atoms with E-state index in [1.54, 1.807) is 0 Å². The Balaban J connectivity index is 3.33. The van der Waals surface area contributed by atoms with Crippen LogP contribution in [0.1, 0.15) is 55.4 Å². The summed E-state index contributed by atoms with van der Waals surface area (Å²) < 4.78 is 39.2. The number of alkyl halides is 1. The highest BCUT2D eigenvalue weighted by atomic mass is 35.7. The van der Waals surface area contributed by atoms with E-state index in [1.165, 1.54) is 0 Å². The molecule has 0 radical (unpaired) electrons. The molecule has 0 amide bonds. The molecule has 6 nitrogen and oxygen atoms in total. The summed E-state index contributed by atoms with van der Waals surface area (Å²) in [7, 11) is -4.58. The SMILES string of the molecule is CC(C)N(C(C)C)C1C(Cl)C1(O[Cl+3]([O-])([O-])[O-])N(C(C)C)C(C)C. The van der Waals surface area contributed by atoms with Crippen LogP contribution in [-0.4, -0.2) is 51.1 Å². The highest BCUT2D eigenvalue weighted by molar-refractivity contribution is 6.24. The molecule has 1 saturated carbocycles. The molecule has 0 aromatic heterocycles. The maximum atomic E-state index is 11.4. The molecule has 1 fully saturated rings. The molecular weight excluding hydrogens is 343 g/mol. The van der Waals surface area contributed by atoms with Gasteiger partial charge in [0.05, 0.1) is 20.6 Å². The van der Waals surface area contributed by atoms with Crippen LogP contribution in [0.25, 0.3) is 0 Å². The second-order valence-electron chi connectivity index (χ2n) is 7.28. The number of rotatable bonds is 8. The van der Waals surface area contributed by atoms with Gasteiger partial charge in [-0.2, -0.15) is 14.0 Å². The molecule has 138 valence electrons. The Morgan fingerprint density at radius 1 is 0.870 bits per heavy atom. The third-order valence-electron chi connectivity index (χ3n) is 4.24. The lowest BCUT2D eigenvalue weighted by Crippen LogP contribution is -2.67. The third-order valence-corrected chi connectivity index (χ3v) is 5.22. The van der Waals surface area contributed by atoms with Crippen molar-refractivity contribution in [1.29, 1.82) is 0 Å². The summed E-state index contributed by atoms with van der Waals surface area (Å²) in [5.74, 6) is 0. The minimum absolute atomic E-state index is 0.0284. The molecule has 0 aromatic rings. The van der Waals surface area contributed by atoms with Crippen LogP contribution in [0.15, 0.2) is 0 Å². The van der Waals surface area contributed by atoms with E-state index in [4.69, 9.17) is 15.9 Å². The smallest absolute Gasteiger partial charge is 0.289 e. The average Bonchev–Trinajstić information content (AvgIpc) is 2.79. The van der Waals surface area contributed by atoms with Gasteiger partial charge in [0, 0.05) is 24.2 Å². The van der Waals surface area contributed by atoms with Gasteiger partial charge in [0.1, 0.15) is 5.38 Å². The van der Waals surface area contributed by atoms with Crippen LogP contribution in [0.5, 0.6) is 0 Å². The molecule has 0 heterocycles. The minimum Gasteiger partial charge on any atom is -0.289 e. The number of nitrogens with zero attached hydrogens (tertiary/aromatic N) is 2. The first kappa shape index (κ1) is 21.4. The van der Waals surface area contributed by atoms with E-state index in [9.17, 15) is 14.0 Å². The first-order valence-electron chi connectivity index (χ1n) is 8.08. The minimum atomic E-state index is -4.58. The van der Waals surface area contributed by atoms with E-state index in [0.29, 0.717) is 0 Å². The maximum absolute atomic E-state index is 11.4. The first-order valence-corrected chi connectivity index (χ1v) is 9.75. The molecule has 0 bridgehead atoms. The maximum Gasteiger partial charge on any atom is 0.313 e. The Kier molecular flexibility index (Phi) is 6.78. The van der Waals surface area contributed by atoms with Crippen LogP contribution in [0, 0.1) is 10.2 Å². The Hall–Kier alpha value is 0.340. The van der Waals surface area contributed by atoms with Crippen molar-refractivity contribution >= 4 is 11.6 Å². The lowest BCUT2D eigenvalue weighted by Gasteiger charge is -2.38. The van der Waals surface area contributed by atoms with Crippen molar-refractivity contribution in [1.82, 2.24) is 9.80 Å². The number of hydrogen-bond acceptors (Lipinski definition) is 6. The fraction of sp³-hybridized carbons (Fsp3) is 1.00. The van der Waals surface area contributed by atoms with Gasteiger partial charge in [-0.3, -0.25) is 9.80 Å². The lowest BCUT2D eigenvalue weighted by molar-refractivity contribution is -1.92. The molecule has 3 unspecified atom stereocenters. The van der Waals surface area contributed by atoms with Crippen molar-refractivity contribution in [2.45, 2.75) is 96.7 Å². The monoisotopic (exact) mass is 372 g/mol. The highest BCUT2D eigenvalue weighted by Crippen LogP contribution is 2.54. The average molecular weight is 373 g/mol. The van der Waals surface area contributed by atoms with Gasteiger partial charge in [-0.25, -0.2) is 0 Å². The standard InChI is InChI=1S/C15H30Cl2N2O4/c1-9(2)18(10(3)4)14-13(16)15(14,23-17(20,21)22)19(11(5)6)12(7)8/h9-14H,1-8H3. The molecule has 0 N–H and O–H groups in total. The van der Waals surface area contributed by atoms with Crippen molar-refractivity contribution in [2.24, 2.45) is 0 Å². The van der Waals surface area contributed by atoms with Crippen LogP contribution >= 0.6 is 11.6 Å². The van der Waals surface area contributed by atoms with Gasteiger partial charge in [0.15, 0.2) is 0 Å². The summed E-state index contributed by atoms with van der Waals surface area (Å²) in [5.41, 5.74) is -1.33. The summed E-state index contributed by atoms with van der Waals surface area (Å²) in [6.07, 6.45) is 0. The molecule has 1 rings (SSSR count). The van der Waals surface area contributed by atoms with Crippen molar-refractivity contribution in [2.75, 3.05) is 0 Å². The molecule has 0 saturated heterocycles. The second-order valence-corrected chi connectivity index (χ2v) is 8.66. The van der Waals surface area contributed by atoms with Crippen molar-refractivity contribution in [3.05, 3.63) is 0 Å². The molecule has 3 atom stereocenters. The van der Waals surface area contributed by atoms with E-state index >= 15 is 0 Å². The quantitative estimate of drug-likeness (QED) is 0.434. The van der Waals surface area contributed by atoms with Gasteiger partial charge < -0.3 is 0 Å². The van der Waals surface area contributed by atoms with E-state index in [-0.39, 0.29) is 30.2 Å². The Morgan fingerprint density at radius 3 is 1.52 bits per heavy atom. The third kappa shape index (κ3) is 4.30. The van der Waals surface area contributed by atoms with Crippen LogP contribution in [0.3, 0.4) is 0 Å². The Morgan fingerprint density at radius 2 is 1.26 bits per heavy atom. The Labute approximate surface area is 147 Å². The first-order chi connectivity index (χ1) is 10.3. The highest BCUT2D eigenvalue weighted by Gasteiger charge is 2.81. The van der Waals surface area contributed by atoms with Gasteiger partial charge in [0.25, 0.3) is 0 Å². The van der Waals surface area contributed by atoms with Crippen molar-refractivity contribution < 1.29 is 28.5 Å². The predicted molar refractivity (Wildman–Crippen MR) is 81.5 cm³/mol. The molecular formula is C15H30Cl2N2O4. The molecule has 23 heavy (non-hydrogen) atoms. The van der Waals surface area contributed by atoms with Gasteiger partial charge in [-0.05, 0) is 55.4 Å². The van der Waals surface area contributed by atoms with E-state index < -0.39 is 21.3 Å². The summed E-state index contributed by atoms with van der Waals surface area (Å²) in [6, 6.07) is -0.151. The van der Waals surface area contributed by atoms with Crippen LogP contribution in [0.2, 0.25) is 0 Å². The Bertz CT molecular complexity index is 385. The van der Waals surface area contributed by atoms with Gasteiger partial charge >= 0.3 is 5.72 Å². The van der Waals surface area contributed by atoms with Crippen molar-refractivity contribution in [3.63, 3.8) is 0 Å². The summed E-state index contributed by atoms with van der Waals surface area (Å²) in [6.45, 7) is 15.8. The van der Waals surface area contributed by atoms with Crippen LogP contribution in [0.4, 0.5) is 0 Å². The molecule has 0 aromatic carbocycles. The molecule has 8 heteroatoms. The fourth-order valence-corrected chi connectivity index (χ4v) is 5.02. The zero-order valence-electron chi connectivity index (χ0n) is 15.2. The van der Waals surface area contributed by atoms with Gasteiger partial charge in [-0.1, -0.05) is 0 Å². The zero-order valence-corrected chi connectivity index (χ0v) is 16.8. The summed E-state index contributed by atoms with van der Waals surface area (Å²) in [4.78, 5) is 3.99. The largest absolute Gasteiger partial charge is 0.313 e. The number of halogens is 2. The van der Waals surface area contributed by atoms with E-state index in [0.717, 1.165) is 0 Å². The van der Waals surface area contributed by atoms with Gasteiger partial charge in [0.2, 0.25) is 0 Å². The summed E-state index contributed by atoms with van der Waals surface area (Å²) >= 11 is 6.53. The van der Waals surface area contributed by atoms with E-state index in [2.05, 4.69) is 4.90 Å². The van der Waals surface area contributed by atoms with Gasteiger partial charge in [-0.15, -0.1) is 11.6 Å². The zero-order chi connectivity index (χ0) is 18.3. The predicted octanol–water partition coefficient (Wildman–Crippen LogP) is -0.176. The molecule has 1 aliphatic carbocycles. The molecule has 0 spiro atoms. The second kappa shape index (κ2) is 7.30. The lowest BCUT2D eigenvalue weighted by atomic mass is 10.2. The van der Waals surface area contributed by atoms with Crippen molar-refractivity contribution in [3.8, 4) is 0 Å². The normalized spacial score (nSPS) is 29.0. The van der Waals surface area contributed by atoms with Crippen LogP contribution < -0.4 is 14.0 Å². The summed E-state index contributed by atoms with van der Waals surface area (Å²) in [5, 5.41) is -0.603. The number of hydrogen-bond donors (Lipinski definition) is 0.